The van der Waals surface area contributed by atoms with Crippen LogP contribution >= 0.6 is 11.3 Å². The van der Waals surface area contributed by atoms with Crippen LogP contribution in [0.2, 0.25) is 0 Å². The van der Waals surface area contributed by atoms with E-state index < -0.39 is 0 Å². The van der Waals surface area contributed by atoms with Crippen molar-refractivity contribution >= 4 is 42.9 Å². The Balaban J connectivity index is 1.53. The van der Waals surface area contributed by atoms with E-state index in [4.69, 9.17) is 0 Å². The van der Waals surface area contributed by atoms with Crippen LogP contribution in [-0.4, -0.2) is 0 Å². The minimum atomic E-state index is 1.08. The van der Waals surface area contributed by atoms with E-state index in [0.717, 1.165) is 11.4 Å². The van der Waals surface area contributed by atoms with Gasteiger partial charge in [0.05, 0.1) is 0 Å². The minimum absolute atomic E-state index is 1.08. The summed E-state index contributed by atoms with van der Waals surface area (Å²) in [6.07, 6.45) is 0. The van der Waals surface area contributed by atoms with Gasteiger partial charge < -0.3 is 5.32 Å². The molecule has 1 N–H and O–H groups in total. The van der Waals surface area contributed by atoms with Crippen molar-refractivity contribution in [3.63, 3.8) is 0 Å². The van der Waals surface area contributed by atoms with E-state index in [-0.39, 0.29) is 0 Å². The Morgan fingerprint density at radius 1 is 0.436 bits per heavy atom. The summed E-state index contributed by atoms with van der Waals surface area (Å²) in [7, 11) is 0. The van der Waals surface area contributed by atoms with Crippen LogP contribution in [0.5, 0.6) is 0 Å². The van der Waals surface area contributed by atoms with Crippen molar-refractivity contribution in [1.29, 1.82) is 0 Å². The highest BCUT2D eigenvalue weighted by atomic mass is 32.1. The Morgan fingerprint density at radius 3 is 1.82 bits per heavy atom. The van der Waals surface area contributed by atoms with Gasteiger partial charge in [-0.1, -0.05) is 103 Å². The number of rotatable bonds is 5. The average Bonchev–Trinajstić information content (AvgIpc) is 3.35. The zero-order valence-corrected chi connectivity index (χ0v) is 22.5. The standard InChI is InChI=1S/C37H27NS/c1-25-13-5-6-16-27(25)28-17-7-8-18-29(28)32-23-34-31-20-10-12-22-36(31)39-37(34)24-33(32)30-19-9-11-21-35(30)38-26-14-3-2-4-15-26/h2-24,38H,1H3. The Morgan fingerprint density at radius 2 is 1.03 bits per heavy atom. The number of benzene rings is 6. The van der Waals surface area contributed by atoms with Crippen LogP contribution < -0.4 is 5.32 Å². The van der Waals surface area contributed by atoms with E-state index in [1.807, 2.05) is 17.4 Å². The van der Waals surface area contributed by atoms with E-state index in [0.29, 0.717) is 0 Å². The van der Waals surface area contributed by atoms with E-state index in [9.17, 15) is 0 Å². The molecule has 0 aliphatic carbocycles. The lowest BCUT2D eigenvalue weighted by atomic mass is 9.87. The highest BCUT2D eigenvalue weighted by Gasteiger charge is 2.18. The fourth-order valence-electron chi connectivity index (χ4n) is 5.55. The molecule has 0 saturated carbocycles. The van der Waals surface area contributed by atoms with Crippen molar-refractivity contribution in [1.82, 2.24) is 0 Å². The second-order valence-corrected chi connectivity index (χ2v) is 11.0. The number of anilines is 2. The van der Waals surface area contributed by atoms with Crippen molar-refractivity contribution in [2.24, 2.45) is 0 Å². The van der Waals surface area contributed by atoms with Crippen molar-refractivity contribution in [3.8, 4) is 33.4 Å². The van der Waals surface area contributed by atoms with Crippen LogP contribution in [0.15, 0.2) is 140 Å². The number of aryl methyl sites for hydroxylation is 1. The van der Waals surface area contributed by atoms with Crippen LogP contribution in [-0.2, 0) is 0 Å². The van der Waals surface area contributed by atoms with Gasteiger partial charge in [0.25, 0.3) is 0 Å². The smallest absolute Gasteiger partial charge is 0.0464 e. The van der Waals surface area contributed by atoms with Crippen LogP contribution in [0.25, 0.3) is 53.6 Å². The molecule has 0 bridgehead atoms. The van der Waals surface area contributed by atoms with Gasteiger partial charge in [-0.05, 0) is 76.7 Å². The first-order valence-corrected chi connectivity index (χ1v) is 14.1. The Labute approximate surface area is 233 Å². The van der Waals surface area contributed by atoms with Crippen molar-refractivity contribution < 1.29 is 0 Å². The Hall–Kier alpha value is -4.66. The van der Waals surface area contributed by atoms with Gasteiger partial charge in [-0.3, -0.25) is 0 Å². The third-order valence-electron chi connectivity index (χ3n) is 7.44. The predicted octanol–water partition coefficient (Wildman–Crippen LogP) is 11.1. The summed E-state index contributed by atoms with van der Waals surface area (Å²) in [5.41, 5.74) is 10.9. The van der Waals surface area contributed by atoms with Crippen LogP contribution in [0.3, 0.4) is 0 Å². The van der Waals surface area contributed by atoms with Gasteiger partial charge in [-0.15, -0.1) is 11.3 Å². The summed E-state index contributed by atoms with van der Waals surface area (Å²) in [6, 6.07) is 50.1. The maximum atomic E-state index is 3.68. The number of nitrogens with one attached hydrogen (secondary N) is 1. The lowest BCUT2D eigenvalue weighted by Gasteiger charge is -2.19. The first-order chi connectivity index (χ1) is 19.3. The van der Waals surface area contributed by atoms with Gasteiger partial charge in [0.15, 0.2) is 0 Å². The molecule has 0 unspecified atom stereocenters. The van der Waals surface area contributed by atoms with Gasteiger partial charge in [-0.2, -0.15) is 0 Å². The number of fused-ring (bicyclic) bond motifs is 3. The summed E-state index contributed by atoms with van der Waals surface area (Å²) in [4.78, 5) is 0. The molecule has 7 aromatic rings. The molecule has 0 spiro atoms. The second kappa shape index (κ2) is 9.90. The highest BCUT2D eigenvalue weighted by Crippen LogP contribution is 2.46. The fourth-order valence-corrected chi connectivity index (χ4v) is 6.68. The molecule has 2 heteroatoms. The first kappa shape index (κ1) is 23.5. The normalized spacial score (nSPS) is 11.2. The summed E-state index contributed by atoms with van der Waals surface area (Å²) in [5.74, 6) is 0. The number of thiophene rings is 1. The molecule has 1 heterocycles. The summed E-state index contributed by atoms with van der Waals surface area (Å²) < 4.78 is 2.62. The zero-order valence-electron chi connectivity index (χ0n) is 21.7. The van der Waals surface area contributed by atoms with Gasteiger partial charge in [0, 0.05) is 37.1 Å². The molecule has 0 atom stereocenters. The first-order valence-electron chi connectivity index (χ1n) is 13.3. The molecule has 0 saturated heterocycles. The van der Waals surface area contributed by atoms with Gasteiger partial charge in [-0.25, -0.2) is 0 Å². The molecule has 0 aliphatic rings. The lowest BCUT2D eigenvalue weighted by Crippen LogP contribution is -1.95. The molecule has 186 valence electrons. The molecule has 39 heavy (non-hydrogen) atoms. The molecule has 7 rings (SSSR count). The average molecular weight is 518 g/mol. The summed E-state index contributed by atoms with van der Waals surface area (Å²) in [5, 5.41) is 6.31. The van der Waals surface area contributed by atoms with Crippen LogP contribution in [0, 0.1) is 6.92 Å². The Bertz CT molecular complexity index is 1950. The number of hydrogen-bond acceptors (Lipinski definition) is 2. The molecule has 1 nitrogen and oxygen atoms in total. The quantitative estimate of drug-likeness (QED) is 0.239. The Kier molecular flexibility index (Phi) is 5.96. The minimum Gasteiger partial charge on any atom is -0.355 e. The molecular formula is C37H27NS. The van der Waals surface area contributed by atoms with E-state index in [2.05, 4.69) is 146 Å². The van der Waals surface area contributed by atoms with Crippen molar-refractivity contribution in [2.75, 3.05) is 5.32 Å². The SMILES string of the molecule is Cc1ccccc1-c1ccccc1-c1cc2c(cc1-c1ccccc1Nc1ccccc1)sc1ccccc12. The molecule has 6 aromatic carbocycles. The molecule has 0 amide bonds. The van der Waals surface area contributed by atoms with Crippen LogP contribution in [0.1, 0.15) is 5.56 Å². The maximum absolute atomic E-state index is 3.68. The fraction of sp³-hybridized carbons (Fsp3) is 0.0270. The monoisotopic (exact) mass is 517 g/mol. The van der Waals surface area contributed by atoms with E-state index >= 15 is 0 Å². The lowest BCUT2D eigenvalue weighted by molar-refractivity contribution is 1.46. The van der Waals surface area contributed by atoms with Gasteiger partial charge in [0.2, 0.25) is 0 Å². The van der Waals surface area contributed by atoms with Crippen molar-refractivity contribution in [2.45, 2.75) is 6.92 Å². The summed E-state index contributed by atoms with van der Waals surface area (Å²) in [6.45, 7) is 2.20. The predicted molar refractivity (Wildman–Crippen MR) is 170 cm³/mol. The summed E-state index contributed by atoms with van der Waals surface area (Å²) >= 11 is 1.87. The topological polar surface area (TPSA) is 12.0 Å². The van der Waals surface area contributed by atoms with Crippen molar-refractivity contribution in [3.05, 3.63) is 145 Å². The number of hydrogen-bond donors (Lipinski definition) is 1. The zero-order chi connectivity index (χ0) is 26.2. The van der Waals surface area contributed by atoms with E-state index in [1.54, 1.807) is 0 Å². The van der Waals surface area contributed by atoms with Crippen LogP contribution in [0.4, 0.5) is 11.4 Å². The largest absolute Gasteiger partial charge is 0.355 e. The molecule has 1 aromatic heterocycles. The molecule has 0 radical (unpaired) electrons. The van der Waals surface area contributed by atoms with Gasteiger partial charge >= 0.3 is 0 Å². The second-order valence-electron chi connectivity index (χ2n) is 9.89. The molecule has 0 fully saturated rings. The van der Waals surface area contributed by atoms with E-state index in [1.165, 1.54) is 59.1 Å². The molecular weight excluding hydrogens is 490 g/mol. The number of para-hydroxylation sites is 2. The molecule has 0 aliphatic heterocycles. The third-order valence-corrected chi connectivity index (χ3v) is 8.57. The highest BCUT2D eigenvalue weighted by molar-refractivity contribution is 7.25. The van der Waals surface area contributed by atoms with Gasteiger partial charge in [0.1, 0.15) is 0 Å². The third kappa shape index (κ3) is 4.29. The maximum Gasteiger partial charge on any atom is 0.0464 e.